The molecule has 1 heterocycles. The maximum atomic E-state index is 11.9. The molecule has 4 N–H and O–H groups in total. The number of aromatic nitrogens is 3. The number of nitrogens with two attached hydrogens (primary N) is 1. The van der Waals surface area contributed by atoms with Crippen LogP contribution in [0.15, 0.2) is 0 Å². The van der Waals surface area contributed by atoms with Crippen LogP contribution in [-0.2, 0) is 0 Å². The van der Waals surface area contributed by atoms with Crippen molar-refractivity contribution in [3.05, 3.63) is 11.6 Å². The number of hydrogen-bond donors (Lipinski definition) is 3. The number of carbonyl (C=O) groups excluding carboxylic acids is 1. The van der Waals surface area contributed by atoms with Crippen molar-refractivity contribution in [1.29, 1.82) is 0 Å². The molecule has 6 heteroatoms. The SMILES string of the molecule is CC(C)CC(CN)NC(=O)c1n[nH]c(C2CC2)n1. The first-order valence-corrected chi connectivity index (χ1v) is 6.53. The lowest BCUT2D eigenvalue weighted by Gasteiger charge is -2.17. The highest BCUT2D eigenvalue weighted by atomic mass is 16.2. The number of rotatable bonds is 6. The lowest BCUT2D eigenvalue weighted by Crippen LogP contribution is -2.41. The second kappa shape index (κ2) is 5.48. The monoisotopic (exact) mass is 251 g/mol. The van der Waals surface area contributed by atoms with E-state index in [9.17, 15) is 4.79 Å². The van der Waals surface area contributed by atoms with Gasteiger partial charge in [-0.25, -0.2) is 4.98 Å². The minimum atomic E-state index is -0.241. The third-order valence-electron chi connectivity index (χ3n) is 3.05. The van der Waals surface area contributed by atoms with Gasteiger partial charge in [-0.1, -0.05) is 13.8 Å². The first kappa shape index (κ1) is 13.0. The van der Waals surface area contributed by atoms with E-state index in [1.165, 1.54) is 0 Å². The molecule has 0 aromatic carbocycles. The molecule has 1 aliphatic carbocycles. The summed E-state index contributed by atoms with van der Waals surface area (Å²) >= 11 is 0. The minimum Gasteiger partial charge on any atom is -0.345 e. The van der Waals surface area contributed by atoms with E-state index in [4.69, 9.17) is 5.73 Å². The van der Waals surface area contributed by atoms with Crippen LogP contribution < -0.4 is 11.1 Å². The average Bonchev–Trinajstić information content (AvgIpc) is 3.05. The molecule has 1 aliphatic rings. The van der Waals surface area contributed by atoms with Gasteiger partial charge in [0.1, 0.15) is 5.82 Å². The van der Waals surface area contributed by atoms with E-state index in [0.29, 0.717) is 18.4 Å². The van der Waals surface area contributed by atoms with Gasteiger partial charge in [-0.05, 0) is 25.2 Å². The van der Waals surface area contributed by atoms with Crippen molar-refractivity contribution >= 4 is 5.91 Å². The summed E-state index contributed by atoms with van der Waals surface area (Å²) in [5, 5.41) is 9.66. The molecule has 0 saturated heterocycles. The maximum Gasteiger partial charge on any atom is 0.291 e. The number of amides is 1. The molecular weight excluding hydrogens is 230 g/mol. The summed E-state index contributed by atoms with van der Waals surface area (Å²) < 4.78 is 0. The quantitative estimate of drug-likeness (QED) is 0.696. The number of nitrogens with one attached hydrogen (secondary N) is 2. The van der Waals surface area contributed by atoms with E-state index >= 15 is 0 Å². The molecular formula is C12H21N5O. The molecule has 1 unspecified atom stereocenters. The van der Waals surface area contributed by atoms with Crippen LogP contribution in [0.1, 0.15) is 55.5 Å². The first-order valence-electron chi connectivity index (χ1n) is 6.53. The largest absolute Gasteiger partial charge is 0.345 e. The smallest absolute Gasteiger partial charge is 0.291 e. The van der Waals surface area contributed by atoms with Gasteiger partial charge in [-0.15, -0.1) is 5.10 Å². The van der Waals surface area contributed by atoms with Crippen LogP contribution in [-0.4, -0.2) is 33.7 Å². The Morgan fingerprint density at radius 3 is 2.83 bits per heavy atom. The van der Waals surface area contributed by atoms with Crippen molar-refractivity contribution < 1.29 is 4.79 Å². The number of aromatic amines is 1. The van der Waals surface area contributed by atoms with Gasteiger partial charge in [0.2, 0.25) is 5.82 Å². The van der Waals surface area contributed by atoms with Gasteiger partial charge >= 0.3 is 0 Å². The fraction of sp³-hybridized carbons (Fsp3) is 0.750. The van der Waals surface area contributed by atoms with Gasteiger partial charge in [-0.2, -0.15) is 0 Å². The Labute approximate surface area is 107 Å². The fourth-order valence-corrected chi connectivity index (χ4v) is 1.95. The molecule has 18 heavy (non-hydrogen) atoms. The standard InChI is InChI=1S/C12H21N5O/c1-7(2)5-9(6-13)14-12(18)11-15-10(16-17-11)8-3-4-8/h7-9H,3-6,13H2,1-2H3,(H,14,18)(H,15,16,17). The number of hydrogen-bond acceptors (Lipinski definition) is 4. The third kappa shape index (κ3) is 3.29. The van der Waals surface area contributed by atoms with Crippen LogP contribution in [0.5, 0.6) is 0 Å². The van der Waals surface area contributed by atoms with Crippen molar-refractivity contribution in [3.63, 3.8) is 0 Å². The van der Waals surface area contributed by atoms with E-state index in [1.54, 1.807) is 0 Å². The Hall–Kier alpha value is -1.43. The zero-order valence-corrected chi connectivity index (χ0v) is 10.9. The van der Waals surface area contributed by atoms with Crippen molar-refractivity contribution in [3.8, 4) is 0 Å². The second-order valence-electron chi connectivity index (χ2n) is 5.35. The summed E-state index contributed by atoms with van der Waals surface area (Å²) in [7, 11) is 0. The number of carbonyl (C=O) groups is 1. The highest BCUT2D eigenvalue weighted by Gasteiger charge is 2.28. The van der Waals surface area contributed by atoms with Crippen LogP contribution >= 0.6 is 0 Å². The maximum absolute atomic E-state index is 11.9. The summed E-state index contributed by atoms with van der Waals surface area (Å²) in [5.74, 6) is 1.77. The highest BCUT2D eigenvalue weighted by molar-refractivity contribution is 5.90. The van der Waals surface area contributed by atoms with E-state index in [1.807, 2.05) is 0 Å². The molecule has 1 saturated carbocycles. The fourth-order valence-electron chi connectivity index (χ4n) is 1.95. The summed E-state index contributed by atoms with van der Waals surface area (Å²) in [6.07, 6.45) is 3.13. The minimum absolute atomic E-state index is 0.0135. The Morgan fingerprint density at radius 2 is 2.28 bits per heavy atom. The molecule has 0 spiro atoms. The molecule has 100 valence electrons. The Balaban J connectivity index is 1.92. The molecule has 1 aromatic rings. The zero-order valence-electron chi connectivity index (χ0n) is 10.9. The Morgan fingerprint density at radius 1 is 1.56 bits per heavy atom. The Bertz CT molecular complexity index is 410. The van der Waals surface area contributed by atoms with Crippen molar-refractivity contribution in [2.24, 2.45) is 11.7 Å². The summed E-state index contributed by atoms with van der Waals surface area (Å²) in [6, 6.07) is -0.0135. The van der Waals surface area contributed by atoms with Gasteiger partial charge < -0.3 is 11.1 Å². The summed E-state index contributed by atoms with van der Waals surface area (Å²) in [6.45, 7) is 4.64. The summed E-state index contributed by atoms with van der Waals surface area (Å²) in [5.41, 5.74) is 5.65. The molecule has 1 aromatic heterocycles. The van der Waals surface area contributed by atoms with Crippen LogP contribution in [0.2, 0.25) is 0 Å². The molecule has 1 fully saturated rings. The van der Waals surface area contributed by atoms with E-state index in [2.05, 4.69) is 34.3 Å². The van der Waals surface area contributed by atoms with Gasteiger partial charge in [0.25, 0.3) is 5.91 Å². The lowest BCUT2D eigenvalue weighted by atomic mass is 10.0. The Kier molecular flexibility index (Phi) is 3.96. The van der Waals surface area contributed by atoms with E-state index in [0.717, 1.165) is 25.1 Å². The van der Waals surface area contributed by atoms with Crippen LogP contribution in [0.3, 0.4) is 0 Å². The second-order valence-corrected chi connectivity index (χ2v) is 5.35. The molecule has 0 bridgehead atoms. The van der Waals surface area contributed by atoms with Gasteiger partial charge in [-0.3, -0.25) is 9.89 Å². The molecule has 0 aliphatic heterocycles. The zero-order chi connectivity index (χ0) is 13.1. The van der Waals surface area contributed by atoms with E-state index in [-0.39, 0.29) is 17.8 Å². The summed E-state index contributed by atoms with van der Waals surface area (Å²) in [4.78, 5) is 16.2. The predicted octanol–water partition coefficient (Wildman–Crippen LogP) is 0.785. The van der Waals surface area contributed by atoms with Gasteiger partial charge in [0, 0.05) is 18.5 Å². The van der Waals surface area contributed by atoms with Gasteiger partial charge in [0.15, 0.2) is 0 Å². The molecule has 1 amide bonds. The first-order chi connectivity index (χ1) is 8.60. The number of nitrogens with zero attached hydrogens (tertiary/aromatic N) is 2. The van der Waals surface area contributed by atoms with Crippen LogP contribution in [0, 0.1) is 5.92 Å². The normalized spacial score (nSPS) is 16.9. The van der Waals surface area contributed by atoms with Crippen molar-refractivity contribution in [2.75, 3.05) is 6.54 Å². The van der Waals surface area contributed by atoms with Crippen LogP contribution in [0.25, 0.3) is 0 Å². The highest BCUT2D eigenvalue weighted by Crippen LogP contribution is 2.37. The molecule has 6 nitrogen and oxygen atoms in total. The molecule has 0 radical (unpaired) electrons. The van der Waals surface area contributed by atoms with Crippen molar-refractivity contribution in [1.82, 2.24) is 20.5 Å². The average molecular weight is 251 g/mol. The molecule has 2 rings (SSSR count). The van der Waals surface area contributed by atoms with Crippen molar-refractivity contribution in [2.45, 2.75) is 45.1 Å². The van der Waals surface area contributed by atoms with Crippen LogP contribution in [0.4, 0.5) is 0 Å². The number of H-pyrrole nitrogens is 1. The predicted molar refractivity (Wildman–Crippen MR) is 68.1 cm³/mol. The van der Waals surface area contributed by atoms with Gasteiger partial charge in [0.05, 0.1) is 0 Å². The topological polar surface area (TPSA) is 96.7 Å². The molecule has 1 atom stereocenters. The van der Waals surface area contributed by atoms with E-state index < -0.39 is 0 Å². The third-order valence-corrected chi connectivity index (χ3v) is 3.05. The lowest BCUT2D eigenvalue weighted by molar-refractivity contribution is 0.0923.